The SMILES string of the molecule is CN(CC(=O)Nc1ccccc1Cl)CC(=O)N(C1CC1)[C@@H]1CCS(=O)(=O)C1. The van der Waals surface area contributed by atoms with E-state index in [4.69, 9.17) is 11.6 Å². The molecule has 3 rings (SSSR count). The molecule has 0 spiro atoms. The number of nitrogens with zero attached hydrogens (tertiary/aromatic N) is 2. The fraction of sp³-hybridized carbons (Fsp3) is 0.556. The van der Waals surface area contributed by atoms with E-state index in [-0.39, 0.29) is 48.5 Å². The summed E-state index contributed by atoms with van der Waals surface area (Å²) in [4.78, 5) is 28.3. The number of rotatable bonds is 7. The summed E-state index contributed by atoms with van der Waals surface area (Å²) in [6, 6.07) is 6.85. The van der Waals surface area contributed by atoms with Gasteiger partial charge in [0.05, 0.1) is 35.3 Å². The van der Waals surface area contributed by atoms with E-state index in [0.29, 0.717) is 17.1 Å². The lowest BCUT2D eigenvalue weighted by molar-refractivity contribution is -0.134. The summed E-state index contributed by atoms with van der Waals surface area (Å²) in [6.45, 7) is 0.113. The zero-order valence-electron chi connectivity index (χ0n) is 15.2. The molecular weight excluding hydrogens is 390 g/mol. The number of para-hydroxylation sites is 1. The second-order valence-corrected chi connectivity index (χ2v) is 9.93. The van der Waals surface area contributed by atoms with Crippen LogP contribution >= 0.6 is 11.6 Å². The molecule has 0 unspecified atom stereocenters. The molecule has 1 aliphatic heterocycles. The minimum Gasteiger partial charge on any atom is -0.335 e. The maximum atomic E-state index is 12.8. The fourth-order valence-electron chi connectivity index (χ4n) is 3.42. The van der Waals surface area contributed by atoms with Crippen molar-refractivity contribution in [3.63, 3.8) is 0 Å². The Labute approximate surface area is 164 Å². The fourth-order valence-corrected chi connectivity index (χ4v) is 5.31. The molecule has 7 nitrogen and oxygen atoms in total. The van der Waals surface area contributed by atoms with Gasteiger partial charge in [-0.25, -0.2) is 8.42 Å². The first-order valence-electron chi connectivity index (χ1n) is 9.00. The summed E-state index contributed by atoms with van der Waals surface area (Å²) in [7, 11) is -1.36. The van der Waals surface area contributed by atoms with E-state index >= 15 is 0 Å². The predicted molar refractivity (Wildman–Crippen MR) is 105 cm³/mol. The Morgan fingerprint density at radius 1 is 1.15 bits per heavy atom. The Kier molecular flexibility index (Phi) is 6.08. The highest BCUT2D eigenvalue weighted by atomic mass is 35.5. The molecule has 1 aliphatic carbocycles. The van der Waals surface area contributed by atoms with Crippen LogP contribution in [-0.2, 0) is 19.4 Å². The number of sulfone groups is 1. The van der Waals surface area contributed by atoms with Crippen LogP contribution in [0.25, 0.3) is 0 Å². The molecule has 1 aromatic rings. The molecule has 0 bridgehead atoms. The van der Waals surface area contributed by atoms with Crippen molar-refractivity contribution in [1.29, 1.82) is 0 Å². The molecule has 1 heterocycles. The number of carbonyl (C=O) groups is 2. The Bertz CT molecular complexity index is 826. The average molecular weight is 414 g/mol. The Balaban J connectivity index is 1.54. The van der Waals surface area contributed by atoms with Crippen molar-refractivity contribution < 1.29 is 18.0 Å². The van der Waals surface area contributed by atoms with E-state index in [1.807, 2.05) is 0 Å². The Hall–Kier alpha value is -1.64. The Morgan fingerprint density at radius 2 is 1.85 bits per heavy atom. The van der Waals surface area contributed by atoms with Crippen LogP contribution in [0, 0.1) is 0 Å². The highest BCUT2D eigenvalue weighted by molar-refractivity contribution is 7.91. The predicted octanol–water partition coefficient (Wildman–Crippen LogP) is 1.39. The highest BCUT2D eigenvalue weighted by Crippen LogP contribution is 2.32. The minimum absolute atomic E-state index is 0.0401. The first-order valence-corrected chi connectivity index (χ1v) is 11.2. The van der Waals surface area contributed by atoms with Gasteiger partial charge in [0.2, 0.25) is 11.8 Å². The van der Waals surface area contributed by atoms with Gasteiger partial charge in [0, 0.05) is 12.1 Å². The number of likely N-dealkylation sites (N-methyl/N-ethyl adjacent to an activating group) is 1. The zero-order valence-corrected chi connectivity index (χ0v) is 16.8. The monoisotopic (exact) mass is 413 g/mol. The second kappa shape index (κ2) is 8.16. The van der Waals surface area contributed by atoms with Crippen LogP contribution < -0.4 is 5.32 Å². The van der Waals surface area contributed by atoms with Gasteiger partial charge < -0.3 is 10.2 Å². The molecule has 0 aromatic heterocycles. The number of hydrogen-bond donors (Lipinski definition) is 1. The van der Waals surface area contributed by atoms with E-state index in [1.54, 1.807) is 41.1 Å². The van der Waals surface area contributed by atoms with Gasteiger partial charge in [-0.1, -0.05) is 23.7 Å². The summed E-state index contributed by atoms with van der Waals surface area (Å²) in [6.07, 6.45) is 2.33. The van der Waals surface area contributed by atoms with Gasteiger partial charge in [0.15, 0.2) is 9.84 Å². The number of nitrogens with one attached hydrogen (secondary N) is 1. The maximum Gasteiger partial charge on any atom is 0.238 e. The first kappa shape index (κ1) is 20.1. The van der Waals surface area contributed by atoms with E-state index in [9.17, 15) is 18.0 Å². The summed E-state index contributed by atoms with van der Waals surface area (Å²) < 4.78 is 23.5. The zero-order chi connectivity index (χ0) is 19.6. The van der Waals surface area contributed by atoms with Crippen LogP contribution in [0.15, 0.2) is 24.3 Å². The Morgan fingerprint density at radius 3 is 2.44 bits per heavy atom. The van der Waals surface area contributed by atoms with Crippen molar-refractivity contribution in [3.8, 4) is 0 Å². The van der Waals surface area contributed by atoms with Crippen LogP contribution in [0.4, 0.5) is 5.69 Å². The number of anilines is 1. The molecular formula is C18H24ClN3O4S. The van der Waals surface area contributed by atoms with Crippen LogP contribution in [0.3, 0.4) is 0 Å². The van der Waals surface area contributed by atoms with Gasteiger partial charge in [0.1, 0.15) is 0 Å². The molecule has 148 valence electrons. The number of carbonyl (C=O) groups excluding carboxylic acids is 2. The third kappa shape index (κ3) is 5.43. The van der Waals surface area contributed by atoms with Gasteiger partial charge in [-0.2, -0.15) is 0 Å². The van der Waals surface area contributed by atoms with Crippen molar-refractivity contribution in [3.05, 3.63) is 29.3 Å². The molecule has 2 fully saturated rings. The molecule has 2 amide bonds. The van der Waals surface area contributed by atoms with Crippen molar-refractivity contribution in [2.75, 3.05) is 37.0 Å². The lowest BCUT2D eigenvalue weighted by atomic mass is 10.2. The van der Waals surface area contributed by atoms with E-state index in [2.05, 4.69) is 5.32 Å². The number of halogens is 1. The number of benzene rings is 1. The lowest BCUT2D eigenvalue weighted by Gasteiger charge is -2.30. The van der Waals surface area contributed by atoms with Gasteiger partial charge >= 0.3 is 0 Å². The van der Waals surface area contributed by atoms with Gasteiger partial charge in [0.25, 0.3) is 0 Å². The smallest absolute Gasteiger partial charge is 0.238 e. The molecule has 27 heavy (non-hydrogen) atoms. The third-order valence-electron chi connectivity index (χ3n) is 4.80. The summed E-state index contributed by atoms with van der Waals surface area (Å²) in [5.41, 5.74) is 0.527. The van der Waals surface area contributed by atoms with E-state index in [1.165, 1.54) is 0 Å². The quantitative estimate of drug-likeness (QED) is 0.729. The topological polar surface area (TPSA) is 86.8 Å². The standard InChI is InChI=1S/C18H24ClN3O4S/c1-21(10-17(23)20-16-5-3-2-4-15(16)19)11-18(24)22(13-6-7-13)14-8-9-27(25,26)12-14/h2-5,13-14H,6-12H2,1H3,(H,20,23)/t14-/m1/s1. The van der Waals surface area contributed by atoms with Gasteiger partial charge in [-0.05, 0) is 38.4 Å². The van der Waals surface area contributed by atoms with Crippen LogP contribution in [0.2, 0.25) is 5.02 Å². The summed E-state index contributed by atoms with van der Waals surface area (Å²) in [5, 5.41) is 3.18. The normalized spacial score (nSPS) is 21.2. The van der Waals surface area contributed by atoms with Crippen molar-refractivity contribution in [1.82, 2.24) is 9.80 Å². The molecule has 1 N–H and O–H groups in total. The summed E-state index contributed by atoms with van der Waals surface area (Å²) >= 11 is 6.03. The largest absolute Gasteiger partial charge is 0.335 e. The van der Waals surface area contributed by atoms with Crippen LogP contribution in [-0.4, -0.2) is 73.8 Å². The maximum absolute atomic E-state index is 12.8. The average Bonchev–Trinajstić information content (AvgIpc) is 3.33. The molecule has 1 aromatic carbocycles. The molecule has 9 heteroatoms. The van der Waals surface area contributed by atoms with Crippen molar-refractivity contribution >= 4 is 38.9 Å². The van der Waals surface area contributed by atoms with Crippen molar-refractivity contribution in [2.24, 2.45) is 0 Å². The van der Waals surface area contributed by atoms with E-state index in [0.717, 1.165) is 12.8 Å². The van der Waals surface area contributed by atoms with E-state index < -0.39 is 9.84 Å². The molecule has 1 atom stereocenters. The molecule has 1 saturated carbocycles. The van der Waals surface area contributed by atoms with Crippen molar-refractivity contribution in [2.45, 2.75) is 31.3 Å². The van der Waals surface area contributed by atoms with Crippen LogP contribution in [0.1, 0.15) is 19.3 Å². The highest BCUT2D eigenvalue weighted by Gasteiger charge is 2.42. The summed E-state index contributed by atoms with van der Waals surface area (Å²) in [5.74, 6) is -0.191. The molecule has 2 aliphatic rings. The third-order valence-corrected chi connectivity index (χ3v) is 6.88. The lowest BCUT2D eigenvalue weighted by Crippen LogP contribution is -2.47. The van der Waals surface area contributed by atoms with Gasteiger partial charge in [-0.3, -0.25) is 14.5 Å². The van der Waals surface area contributed by atoms with Crippen LogP contribution in [0.5, 0.6) is 0 Å². The molecule has 1 saturated heterocycles. The number of hydrogen-bond acceptors (Lipinski definition) is 5. The van der Waals surface area contributed by atoms with Gasteiger partial charge in [-0.15, -0.1) is 0 Å². The first-order chi connectivity index (χ1) is 12.7. The molecule has 0 radical (unpaired) electrons. The second-order valence-electron chi connectivity index (χ2n) is 7.29. The minimum atomic E-state index is -3.05. The number of amides is 2.